The van der Waals surface area contributed by atoms with E-state index < -0.39 is 5.97 Å². The highest BCUT2D eigenvalue weighted by Gasteiger charge is 1.97. The molecule has 0 spiro atoms. The van der Waals surface area contributed by atoms with Crippen LogP contribution in [0.1, 0.15) is 12.8 Å². The smallest absolute Gasteiger partial charge is 0.255 e. The van der Waals surface area contributed by atoms with Gasteiger partial charge in [0.2, 0.25) is 0 Å². The fraction of sp³-hybridized carbons (Fsp3) is 0.400. The lowest BCUT2D eigenvalue weighted by atomic mass is 10.3. The standard InChI is InChI=1S/C5H7FO2/c1-2-3-4-5(7)8-6/h2H,1,3-4H2. The molecule has 0 fully saturated rings. The number of carbonyl (C=O) groups is 1. The van der Waals surface area contributed by atoms with Crippen LogP contribution in [0.15, 0.2) is 12.7 Å². The van der Waals surface area contributed by atoms with Gasteiger partial charge in [-0.05, 0) is 6.42 Å². The SMILES string of the molecule is C=CCCC(=O)OF. The van der Waals surface area contributed by atoms with Gasteiger partial charge in [-0.15, -0.1) is 6.58 Å². The number of allylic oxidation sites excluding steroid dienone is 1. The molecule has 0 aliphatic rings. The second-order valence-electron chi connectivity index (χ2n) is 1.28. The van der Waals surface area contributed by atoms with Crippen LogP contribution in [0.25, 0.3) is 0 Å². The van der Waals surface area contributed by atoms with Crippen LogP contribution in [0.2, 0.25) is 0 Å². The molecule has 0 rings (SSSR count). The third-order valence-electron chi connectivity index (χ3n) is 0.639. The van der Waals surface area contributed by atoms with Crippen molar-refractivity contribution in [1.82, 2.24) is 0 Å². The third-order valence-corrected chi connectivity index (χ3v) is 0.639. The van der Waals surface area contributed by atoms with Gasteiger partial charge >= 0.3 is 5.97 Å². The summed E-state index contributed by atoms with van der Waals surface area (Å²) < 4.78 is 10.8. The van der Waals surface area contributed by atoms with Gasteiger partial charge in [-0.2, -0.15) is 0 Å². The van der Waals surface area contributed by atoms with Crippen molar-refractivity contribution in [2.45, 2.75) is 12.8 Å². The zero-order valence-corrected chi connectivity index (χ0v) is 4.39. The van der Waals surface area contributed by atoms with Crippen molar-refractivity contribution in [3.8, 4) is 0 Å². The third kappa shape index (κ3) is 3.33. The van der Waals surface area contributed by atoms with Gasteiger partial charge in [-0.3, -0.25) is 4.94 Å². The lowest BCUT2D eigenvalue weighted by Gasteiger charge is -1.86. The van der Waals surface area contributed by atoms with E-state index in [4.69, 9.17) is 0 Å². The minimum absolute atomic E-state index is 0.0694. The molecule has 0 saturated carbocycles. The van der Waals surface area contributed by atoms with E-state index in [2.05, 4.69) is 11.5 Å². The Labute approximate surface area is 46.9 Å². The van der Waals surface area contributed by atoms with Crippen molar-refractivity contribution >= 4 is 5.97 Å². The summed E-state index contributed by atoms with van der Waals surface area (Å²) in [5.74, 6) is -0.843. The Morgan fingerprint density at radius 1 is 1.88 bits per heavy atom. The summed E-state index contributed by atoms with van der Waals surface area (Å²) in [6, 6.07) is 0. The van der Waals surface area contributed by atoms with Crippen LogP contribution in [0.4, 0.5) is 4.53 Å². The van der Waals surface area contributed by atoms with Crippen LogP contribution in [-0.4, -0.2) is 5.97 Å². The fourth-order valence-electron chi connectivity index (χ4n) is 0.258. The van der Waals surface area contributed by atoms with E-state index in [-0.39, 0.29) is 6.42 Å². The highest BCUT2D eigenvalue weighted by Crippen LogP contribution is 1.91. The lowest BCUT2D eigenvalue weighted by molar-refractivity contribution is -0.183. The molecular formula is C5H7FO2. The Kier molecular flexibility index (Phi) is 3.84. The van der Waals surface area contributed by atoms with Crippen LogP contribution < -0.4 is 0 Å². The predicted octanol–water partition coefficient (Wildman–Crippen LogP) is 1.38. The van der Waals surface area contributed by atoms with Crippen molar-refractivity contribution in [3.05, 3.63) is 12.7 Å². The van der Waals surface area contributed by atoms with Crippen molar-refractivity contribution < 1.29 is 14.3 Å². The first kappa shape index (κ1) is 7.14. The van der Waals surface area contributed by atoms with Gasteiger partial charge in [-0.25, -0.2) is 4.79 Å². The summed E-state index contributed by atoms with van der Waals surface area (Å²) in [4.78, 5) is 12.8. The molecular weight excluding hydrogens is 111 g/mol. The first-order valence-electron chi connectivity index (χ1n) is 2.23. The average molecular weight is 118 g/mol. The predicted molar refractivity (Wildman–Crippen MR) is 26.6 cm³/mol. The molecule has 0 unspecified atom stereocenters. The minimum atomic E-state index is -0.843. The fourth-order valence-corrected chi connectivity index (χ4v) is 0.258. The maximum absolute atomic E-state index is 10.8. The van der Waals surface area contributed by atoms with E-state index in [1.807, 2.05) is 0 Å². The van der Waals surface area contributed by atoms with E-state index in [0.29, 0.717) is 6.42 Å². The molecule has 8 heavy (non-hydrogen) atoms. The van der Waals surface area contributed by atoms with E-state index in [1.165, 1.54) is 6.08 Å². The van der Waals surface area contributed by atoms with Gasteiger partial charge in [-0.1, -0.05) is 6.08 Å². The maximum Gasteiger partial charge on any atom is 0.349 e. The molecule has 46 valence electrons. The lowest BCUT2D eigenvalue weighted by Crippen LogP contribution is -1.94. The summed E-state index contributed by atoms with van der Waals surface area (Å²) in [6.45, 7) is 3.34. The molecule has 0 aliphatic carbocycles. The van der Waals surface area contributed by atoms with E-state index >= 15 is 0 Å². The summed E-state index contributed by atoms with van der Waals surface area (Å²) in [5, 5.41) is 0. The molecule has 0 heterocycles. The molecule has 0 aromatic heterocycles. The second kappa shape index (κ2) is 4.30. The zero-order valence-electron chi connectivity index (χ0n) is 4.39. The van der Waals surface area contributed by atoms with Crippen LogP contribution in [-0.2, 0) is 9.74 Å². The Balaban J connectivity index is 3.11. The van der Waals surface area contributed by atoms with Crippen LogP contribution in [0.5, 0.6) is 0 Å². The van der Waals surface area contributed by atoms with Crippen molar-refractivity contribution in [1.29, 1.82) is 0 Å². The number of carbonyl (C=O) groups excluding carboxylic acids is 1. The molecule has 0 aromatic rings. The molecule has 0 radical (unpaired) electrons. The Bertz CT molecular complexity index is 90.4. The quantitative estimate of drug-likeness (QED) is 0.523. The first-order chi connectivity index (χ1) is 3.81. The largest absolute Gasteiger partial charge is 0.349 e. The molecule has 0 bridgehead atoms. The topological polar surface area (TPSA) is 26.3 Å². The molecule has 0 aromatic carbocycles. The van der Waals surface area contributed by atoms with Crippen LogP contribution in [0.3, 0.4) is 0 Å². The van der Waals surface area contributed by atoms with Crippen molar-refractivity contribution in [2.75, 3.05) is 0 Å². The van der Waals surface area contributed by atoms with Gasteiger partial charge in [0.25, 0.3) is 0 Å². The Morgan fingerprint density at radius 3 is 2.88 bits per heavy atom. The highest BCUT2D eigenvalue weighted by molar-refractivity contribution is 5.68. The Hall–Kier alpha value is -0.860. The van der Waals surface area contributed by atoms with E-state index in [9.17, 15) is 9.32 Å². The summed E-state index contributed by atoms with van der Waals surface area (Å²) in [6.07, 6.45) is 2.06. The van der Waals surface area contributed by atoms with Gasteiger partial charge in [0.05, 0.1) is 6.42 Å². The first-order valence-corrected chi connectivity index (χ1v) is 2.23. The second-order valence-corrected chi connectivity index (χ2v) is 1.28. The van der Waals surface area contributed by atoms with Crippen molar-refractivity contribution in [3.63, 3.8) is 0 Å². The molecule has 0 atom stereocenters. The summed E-state index contributed by atoms with van der Waals surface area (Å²) in [5.41, 5.74) is 0. The van der Waals surface area contributed by atoms with Crippen LogP contribution in [0, 0.1) is 0 Å². The highest BCUT2D eigenvalue weighted by atomic mass is 19.3. The van der Waals surface area contributed by atoms with Crippen molar-refractivity contribution in [2.24, 2.45) is 0 Å². The van der Waals surface area contributed by atoms with E-state index in [1.54, 1.807) is 0 Å². The van der Waals surface area contributed by atoms with Gasteiger partial charge in [0, 0.05) is 4.53 Å². The number of rotatable bonds is 3. The maximum atomic E-state index is 10.8. The molecule has 0 aliphatic heterocycles. The zero-order chi connectivity index (χ0) is 6.41. The normalized spacial score (nSPS) is 8.12. The molecule has 0 amide bonds. The molecule has 3 heteroatoms. The number of hydrogen-bond donors (Lipinski definition) is 0. The van der Waals surface area contributed by atoms with Gasteiger partial charge < -0.3 is 0 Å². The average Bonchev–Trinajstić information content (AvgIpc) is 1.83. The summed E-state index contributed by atoms with van der Waals surface area (Å²) in [7, 11) is 0. The van der Waals surface area contributed by atoms with Gasteiger partial charge in [0.15, 0.2) is 0 Å². The monoisotopic (exact) mass is 118 g/mol. The van der Waals surface area contributed by atoms with Crippen LogP contribution >= 0.6 is 0 Å². The number of hydrogen-bond acceptors (Lipinski definition) is 2. The molecule has 2 nitrogen and oxygen atoms in total. The molecule has 0 saturated heterocycles. The summed E-state index contributed by atoms with van der Waals surface area (Å²) >= 11 is 0. The minimum Gasteiger partial charge on any atom is -0.255 e. The number of halogens is 1. The Morgan fingerprint density at radius 2 is 2.50 bits per heavy atom. The van der Waals surface area contributed by atoms with Gasteiger partial charge in [0.1, 0.15) is 0 Å². The van der Waals surface area contributed by atoms with E-state index in [0.717, 1.165) is 0 Å². The molecule has 0 N–H and O–H groups in total.